The number of carbonyl (C=O) groups excluding carboxylic acids is 1. The second-order valence-electron chi connectivity index (χ2n) is 6.00. The van der Waals surface area contributed by atoms with Gasteiger partial charge in [-0.1, -0.05) is 19.3 Å². The van der Waals surface area contributed by atoms with Crippen LogP contribution in [0, 0.1) is 5.41 Å². The van der Waals surface area contributed by atoms with Crippen LogP contribution in [0.2, 0.25) is 0 Å². The molecule has 5 nitrogen and oxygen atoms in total. The molecule has 1 aliphatic carbocycles. The minimum absolute atomic E-state index is 0.0147. The molecule has 0 radical (unpaired) electrons. The van der Waals surface area contributed by atoms with E-state index in [2.05, 4.69) is 10.3 Å². The summed E-state index contributed by atoms with van der Waals surface area (Å²) in [6.45, 7) is 0.734. The highest BCUT2D eigenvalue weighted by Crippen LogP contribution is 2.35. The topological polar surface area (TPSA) is 66.6 Å². The number of amides is 1. The van der Waals surface area contributed by atoms with Gasteiger partial charge in [0, 0.05) is 29.7 Å². The summed E-state index contributed by atoms with van der Waals surface area (Å²) in [5.74, 6) is -0.0147. The number of aromatic nitrogens is 2. The molecule has 21 heavy (non-hydrogen) atoms. The van der Waals surface area contributed by atoms with Crippen LogP contribution in [0.4, 0.5) is 0 Å². The average molecular weight is 307 g/mol. The molecule has 0 aliphatic heterocycles. The summed E-state index contributed by atoms with van der Waals surface area (Å²) in [5, 5.41) is 14.6. The van der Waals surface area contributed by atoms with E-state index in [9.17, 15) is 9.90 Å². The van der Waals surface area contributed by atoms with Crippen molar-refractivity contribution in [3.05, 3.63) is 23.5 Å². The van der Waals surface area contributed by atoms with Crippen LogP contribution in [0.25, 0.3) is 4.96 Å². The fourth-order valence-electron chi connectivity index (χ4n) is 3.07. The molecule has 0 unspecified atom stereocenters. The number of hydrogen-bond donors (Lipinski definition) is 2. The van der Waals surface area contributed by atoms with Crippen LogP contribution in [0.3, 0.4) is 0 Å². The lowest BCUT2D eigenvalue weighted by molar-refractivity contribution is -0.121. The van der Waals surface area contributed by atoms with Crippen LogP contribution in [0.15, 0.2) is 17.8 Å². The first kappa shape index (κ1) is 14.5. The number of rotatable bonds is 5. The largest absolute Gasteiger partial charge is 0.396 e. The van der Waals surface area contributed by atoms with E-state index in [0.717, 1.165) is 36.3 Å². The summed E-state index contributed by atoms with van der Waals surface area (Å²) in [5.41, 5.74) is 0.684. The van der Waals surface area contributed by atoms with E-state index in [1.54, 1.807) is 11.3 Å². The van der Waals surface area contributed by atoms with Crippen LogP contribution < -0.4 is 5.32 Å². The van der Waals surface area contributed by atoms with E-state index in [1.807, 2.05) is 22.2 Å². The molecule has 1 fully saturated rings. The Labute approximate surface area is 128 Å². The van der Waals surface area contributed by atoms with Crippen LogP contribution in [-0.4, -0.2) is 33.6 Å². The lowest BCUT2D eigenvalue weighted by atomic mass is 9.74. The monoisotopic (exact) mass is 307 g/mol. The van der Waals surface area contributed by atoms with Crippen molar-refractivity contribution >= 4 is 22.2 Å². The summed E-state index contributed by atoms with van der Waals surface area (Å²) in [6.07, 6.45) is 9.68. The molecule has 0 atom stereocenters. The van der Waals surface area contributed by atoms with Crippen molar-refractivity contribution in [2.75, 3.05) is 13.2 Å². The number of nitrogens with zero attached hydrogens (tertiary/aromatic N) is 2. The normalized spacial score (nSPS) is 18.0. The molecule has 1 amide bonds. The van der Waals surface area contributed by atoms with Crippen LogP contribution >= 0.6 is 11.3 Å². The standard InChI is InChI=1S/C15H21N3O2S/c19-11-15(4-2-1-3-5-15)10-16-13(20)8-12-9-18-6-7-21-14(18)17-12/h6-7,9,19H,1-5,8,10-11H2,(H,16,20). The number of imidazole rings is 1. The van der Waals surface area contributed by atoms with Gasteiger partial charge in [0.1, 0.15) is 0 Å². The van der Waals surface area contributed by atoms with Gasteiger partial charge in [0.15, 0.2) is 4.96 Å². The molecular formula is C15H21N3O2S. The Bertz CT molecular complexity index is 585. The first-order valence-corrected chi connectivity index (χ1v) is 8.37. The first-order valence-electron chi connectivity index (χ1n) is 7.49. The SMILES string of the molecule is O=C(Cc1cn2ccsc2n1)NCC1(CO)CCCCC1. The van der Waals surface area contributed by atoms with Gasteiger partial charge < -0.3 is 10.4 Å². The molecular weight excluding hydrogens is 286 g/mol. The fraction of sp³-hybridized carbons (Fsp3) is 0.600. The molecule has 114 valence electrons. The number of thiazole rings is 1. The van der Waals surface area contributed by atoms with Crippen molar-refractivity contribution in [3.8, 4) is 0 Å². The average Bonchev–Trinajstić information content (AvgIpc) is 3.07. The van der Waals surface area contributed by atoms with Gasteiger partial charge in [-0.05, 0) is 12.8 Å². The van der Waals surface area contributed by atoms with Crippen LogP contribution in [-0.2, 0) is 11.2 Å². The number of nitrogens with one attached hydrogen (secondary N) is 1. The molecule has 0 saturated heterocycles. The summed E-state index contributed by atoms with van der Waals surface area (Å²) in [7, 11) is 0. The molecule has 2 aromatic rings. The molecule has 1 saturated carbocycles. The molecule has 0 spiro atoms. The maximum Gasteiger partial charge on any atom is 0.226 e. The van der Waals surface area contributed by atoms with E-state index in [1.165, 1.54) is 6.42 Å². The minimum Gasteiger partial charge on any atom is -0.396 e. The number of aliphatic hydroxyl groups is 1. The molecule has 0 bridgehead atoms. The molecule has 1 aliphatic rings. The fourth-order valence-corrected chi connectivity index (χ4v) is 3.79. The number of aliphatic hydroxyl groups excluding tert-OH is 1. The van der Waals surface area contributed by atoms with Gasteiger partial charge in [0.25, 0.3) is 0 Å². The Morgan fingerprint density at radius 3 is 2.95 bits per heavy atom. The lowest BCUT2D eigenvalue weighted by Gasteiger charge is -2.35. The highest BCUT2D eigenvalue weighted by molar-refractivity contribution is 7.15. The van der Waals surface area contributed by atoms with Crippen molar-refractivity contribution in [2.24, 2.45) is 5.41 Å². The van der Waals surface area contributed by atoms with Crippen molar-refractivity contribution in [1.29, 1.82) is 0 Å². The lowest BCUT2D eigenvalue weighted by Crippen LogP contribution is -2.41. The van der Waals surface area contributed by atoms with Gasteiger partial charge in [0.2, 0.25) is 5.91 Å². The van der Waals surface area contributed by atoms with E-state index >= 15 is 0 Å². The van der Waals surface area contributed by atoms with Gasteiger partial charge >= 0.3 is 0 Å². The Morgan fingerprint density at radius 2 is 2.24 bits per heavy atom. The maximum atomic E-state index is 12.1. The molecule has 6 heteroatoms. The second kappa shape index (κ2) is 6.15. The third kappa shape index (κ3) is 3.27. The smallest absolute Gasteiger partial charge is 0.226 e. The van der Waals surface area contributed by atoms with Gasteiger partial charge in [-0.25, -0.2) is 4.98 Å². The summed E-state index contributed by atoms with van der Waals surface area (Å²) in [6, 6.07) is 0. The summed E-state index contributed by atoms with van der Waals surface area (Å²) < 4.78 is 1.93. The van der Waals surface area contributed by atoms with E-state index in [-0.39, 0.29) is 17.9 Å². The Hall–Kier alpha value is -1.40. The molecule has 2 heterocycles. The third-order valence-corrected chi connectivity index (χ3v) is 5.17. The minimum atomic E-state index is -0.109. The van der Waals surface area contributed by atoms with E-state index < -0.39 is 0 Å². The molecule has 0 aromatic carbocycles. The van der Waals surface area contributed by atoms with E-state index in [0.29, 0.717) is 13.0 Å². The predicted molar refractivity (Wildman–Crippen MR) is 82.4 cm³/mol. The zero-order valence-corrected chi connectivity index (χ0v) is 12.9. The van der Waals surface area contributed by atoms with Gasteiger partial charge in [-0.2, -0.15) is 0 Å². The van der Waals surface area contributed by atoms with E-state index in [4.69, 9.17) is 0 Å². The van der Waals surface area contributed by atoms with Crippen molar-refractivity contribution < 1.29 is 9.90 Å². The zero-order valence-electron chi connectivity index (χ0n) is 12.0. The summed E-state index contributed by atoms with van der Waals surface area (Å²) >= 11 is 1.56. The van der Waals surface area contributed by atoms with Crippen molar-refractivity contribution in [3.63, 3.8) is 0 Å². The highest BCUT2D eigenvalue weighted by atomic mass is 32.1. The van der Waals surface area contributed by atoms with Crippen molar-refractivity contribution in [1.82, 2.24) is 14.7 Å². The quantitative estimate of drug-likeness (QED) is 0.888. The van der Waals surface area contributed by atoms with Gasteiger partial charge in [-0.15, -0.1) is 11.3 Å². The first-order chi connectivity index (χ1) is 10.2. The number of fused-ring (bicyclic) bond motifs is 1. The van der Waals surface area contributed by atoms with Gasteiger partial charge in [0.05, 0.1) is 18.7 Å². The molecule has 3 rings (SSSR count). The summed E-state index contributed by atoms with van der Waals surface area (Å²) in [4.78, 5) is 17.4. The predicted octanol–water partition coefficient (Wildman–Crippen LogP) is 2.00. The Morgan fingerprint density at radius 1 is 1.43 bits per heavy atom. The van der Waals surface area contributed by atoms with Crippen LogP contribution in [0.1, 0.15) is 37.8 Å². The molecule has 2 N–H and O–H groups in total. The highest BCUT2D eigenvalue weighted by Gasteiger charge is 2.31. The third-order valence-electron chi connectivity index (χ3n) is 4.40. The Balaban J connectivity index is 1.55. The van der Waals surface area contributed by atoms with Gasteiger partial charge in [-0.3, -0.25) is 9.20 Å². The van der Waals surface area contributed by atoms with Crippen molar-refractivity contribution in [2.45, 2.75) is 38.5 Å². The number of hydrogen-bond acceptors (Lipinski definition) is 4. The number of carbonyl (C=O) groups is 1. The zero-order chi connectivity index (χ0) is 14.7. The van der Waals surface area contributed by atoms with Crippen LogP contribution in [0.5, 0.6) is 0 Å². The maximum absolute atomic E-state index is 12.1. The molecule has 2 aromatic heterocycles. The second-order valence-corrected chi connectivity index (χ2v) is 6.87. The Kier molecular flexibility index (Phi) is 4.26.